The van der Waals surface area contributed by atoms with Crippen LogP contribution in [0.15, 0.2) is 18.2 Å². The van der Waals surface area contributed by atoms with E-state index in [0.717, 1.165) is 15.2 Å². The zero-order valence-corrected chi connectivity index (χ0v) is 12.8. The topological polar surface area (TPSA) is 82.9 Å². The van der Waals surface area contributed by atoms with Gasteiger partial charge in [-0.2, -0.15) is 5.26 Å². The molecule has 0 radical (unpaired) electrons. The van der Waals surface area contributed by atoms with Gasteiger partial charge in [0.05, 0.1) is 21.3 Å². The van der Waals surface area contributed by atoms with Gasteiger partial charge in [0.1, 0.15) is 0 Å². The number of nitrogens with one attached hydrogen (secondary N) is 1. The Morgan fingerprint density at radius 1 is 1.52 bits per heavy atom. The first-order valence-electron chi connectivity index (χ1n) is 6.24. The Balaban J connectivity index is 2.06. The van der Waals surface area contributed by atoms with Gasteiger partial charge in [-0.25, -0.2) is 4.98 Å². The van der Waals surface area contributed by atoms with Gasteiger partial charge in [0.15, 0.2) is 11.7 Å². The first-order valence-corrected chi connectivity index (χ1v) is 7.43. The van der Waals surface area contributed by atoms with E-state index in [1.54, 1.807) is 18.2 Å². The Hall–Kier alpha value is -1.97. The summed E-state index contributed by atoms with van der Waals surface area (Å²) in [7, 11) is 1.40. The minimum absolute atomic E-state index is 0.110. The number of thiazole rings is 1. The SMILES string of the molecule is CNC(=O)C(C#N)C(=O)CCc1nc2cc(Cl)ccc2s1. The van der Waals surface area contributed by atoms with Crippen LogP contribution in [0.4, 0.5) is 0 Å². The Labute approximate surface area is 130 Å². The number of nitrogens with zero attached hydrogens (tertiary/aromatic N) is 2. The summed E-state index contributed by atoms with van der Waals surface area (Å²) in [6.45, 7) is 0. The fraction of sp³-hybridized carbons (Fsp3) is 0.286. The molecule has 1 N–H and O–H groups in total. The number of carbonyl (C=O) groups excluding carboxylic acids is 2. The molecular weight excluding hydrogens is 310 g/mol. The highest BCUT2D eigenvalue weighted by atomic mass is 35.5. The van der Waals surface area contributed by atoms with Crippen molar-refractivity contribution < 1.29 is 9.59 Å². The summed E-state index contributed by atoms with van der Waals surface area (Å²) < 4.78 is 0.991. The lowest BCUT2D eigenvalue weighted by Crippen LogP contribution is -2.32. The molecule has 1 heterocycles. The molecule has 0 saturated heterocycles. The third-order valence-electron chi connectivity index (χ3n) is 2.94. The smallest absolute Gasteiger partial charge is 0.244 e. The Morgan fingerprint density at radius 2 is 2.29 bits per heavy atom. The minimum atomic E-state index is -1.25. The monoisotopic (exact) mass is 321 g/mol. The fourth-order valence-electron chi connectivity index (χ4n) is 1.85. The van der Waals surface area contributed by atoms with Crippen molar-refractivity contribution in [2.24, 2.45) is 5.92 Å². The van der Waals surface area contributed by atoms with Crippen molar-refractivity contribution in [3.8, 4) is 6.07 Å². The van der Waals surface area contributed by atoms with Crippen LogP contribution in [0, 0.1) is 17.2 Å². The van der Waals surface area contributed by atoms with Crippen LogP contribution in [0.1, 0.15) is 11.4 Å². The zero-order chi connectivity index (χ0) is 15.4. The van der Waals surface area contributed by atoms with E-state index in [4.69, 9.17) is 16.9 Å². The summed E-state index contributed by atoms with van der Waals surface area (Å²) in [5.41, 5.74) is 0.790. The maximum atomic E-state index is 11.9. The highest BCUT2D eigenvalue weighted by Crippen LogP contribution is 2.25. The second-order valence-electron chi connectivity index (χ2n) is 4.36. The van der Waals surface area contributed by atoms with E-state index in [9.17, 15) is 9.59 Å². The molecule has 0 spiro atoms. The quantitative estimate of drug-likeness (QED) is 0.857. The maximum Gasteiger partial charge on any atom is 0.244 e. The van der Waals surface area contributed by atoms with Crippen LogP contribution in [0.5, 0.6) is 0 Å². The largest absolute Gasteiger partial charge is 0.358 e. The van der Waals surface area contributed by atoms with Crippen molar-refractivity contribution in [3.63, 3.8) is 0 Å². The molecule has 108 valence electrons. The number of fused-ring (bicyclic) bond motifs is 1. The zero-order valence-electron chi connectivity index (χ0n) is 11.2. The molecule has 0 aliphatic heterocycles. The molecular formula is C14H12ClN3O2S. The van der Waals surface area contributed by atoms with E-state index in [-0.39, 0.29) is 6.42 Å². The average Bonchev–Trinajstić information content (AvgIpc) is 2.87. The predicted molar refractivity (Wildman–Crippen MR) is 81.1 cm³/mol. The highest BCUT2D eigenvalue weighted by molar-refractivity contribution is 7.18. The Bertz CT molecular complexity index is 735. The van der Waals surface area contributed by atoms with Gasteiger partial charge < -0.3 is 5.32 Å². The lowest BCUT2D eigenvalue weighted by molar-refractivity contribution is -0.131. The molecule has 0 fully saturated rings. The lowest BCUT2D eigenvalue weighted by Gasteiger charge is -2.05. The van der Waals surface area contributed by atoms with E-state index in [1.165, 1.54) is 18.4 Å². The van der Waals surface area contributed by atoms with E-state index >= 15 is 0 Å². The maximum absolute atomic E-state index is 11.9. The van der Waals surface area contributed by atoms with E-state index < -0.39 is 17.6 Å². The normalized spacial score (nSPS) is 11.9. The molecule has 1 aromatic heterocycles. The van der Waals surface area contributed by atoms with Crippen LogP contribution in [0.2, 0.25) is 5.02 Å². The van der Waals surface area contributed by atoms with Gasteiger partial charge in [-0.05, 0) is 18.2 Å². The average molecular weight is 322 g/mol. The minimum Gasteiger partial charge on any atom is -0.358 e. The molecule has 2 rings (SSSR count). The summed E-state index contributed by atoms with van der Waals surface area (Å²) in [6, 6.07) is 7.16. The first-order chi connectivity index (χ1) is 10.0. The molecule has 2 aromatic rings. The molecule has 5 nitrogen and oxygen atoms in total. The molecule has 0 bridgehead atoms. The van der Waals surface area contributed by atoms with Crippen molar-refractivity contribution in [3.05, 3.63) is 28.2 Å². The molecule has 1 aromatic carbocycles. The fourth-order valence-corrected chi connectivity index (χ4v) is 2.96. The number of amides is 1. The molecule has 21 heavy (non-hydrogen) atoms. The standard InChI is InChI=1S/C14H12ClN3O2S/c1-17-14(20)9(7-16)11(19)3-5-13-18-10-6-8(15)2-4-12(10)21-13/h2,4,6,9H,3,5H2,1H3,(H,17,20). The number of hydrogen-bond acceptors (Lipinski definition) is 5. The predicted octanol–water partition coefficient (Wildman–Crippen LogP) is 2.34. The number of Topliss-reactive ketones (excluding diaryl/α,β-unsaturated/α-hetero) is 1. The number of hydrogen-bond donors (Lipinski definition) is 1. The number of carbonyl (C=O) groups is 2. The second kappa shape index (κ2) is 6.66. The van der Waals surface area contributed by atoms with Gasteiger partial charge in [0.25, 0.3) is 0 Å². The molecule has 1 amide bonds. The van der Waals surface area contributed by atoms with Crippen molar-refractivity contribution in [2.45, 2.75) is 12.8 Å². The van der Waals surface area contributed by atoms with E-state index in [1.807, 2.05) is 6.07 Å². The lowest BCUT2D eigenvalue weighted by atomic mass is 10.0. The summed E-state index contributed by atoms with van der Waals surface area (Å²) >= 11 is 7.37. The molecule has 0 saturated carbocycles. The number of benzene rings is 1. The van der Waals surface area contributed by atoms with Crippen molar-refractivity contribution in [1.82, 2.24) is 10.3 Å². The van der Waals surface area contributed by atoms with Crippen LogP contribution in [0.25, 0.3) is 10.2 Å². The van der Waals surface area contributed by atoms with Crippen LogP contribution < -0.4 is 5.32 Å². The second-order valence-corrected chi connectivity index (χ2v) is 5.91. The van der Waals surface area contributed by atoms with Gasteiger partial charge >= 0.3 is 0 Å². The molecule has 1 atom stereocenters. The highest BCUT2D eigenvalue weighted by Gasteiger charge is 2.25. The third-order valence-corrected chi connectivity index (χ3v) is 4.27. The molecule has 7 heteroatoms. The van der Waals surface area contributed by atoms with Gasteiger partial charge in [-0.1, -0.05) is 11.6 Å². The summed E-state index contributed by atoms with van der Waals surface area (Å²) in [4.78, 5) is 27.7. The first kappa shape index (κ1) is 15.4. The van der Waals surface area contributed by atoms with Gasteiger partial charge in [-0.3, -0.25) is 9.59 Å². The molecule has 0 aliphatic rings. The summed E-state index contributed by atoms with van der Waals surface area (Å²) in [6.07, 6.45) is 0.518. The number of aromatic nitrogens is 1. The van der Waals surface area contributed by atoms with Crippen LogP contribution >= 0.6 is 22.9 Å². The van der Waals surface area contributed by atoms with Crippen molar-refractivity contribution >= 4 is 44.8 Å². The number of nitriles is 1. The van der Waals surface area contributed by atoms with Crippen molar-refractivity contribution in [1.29, 1.82) is 5.26 Å². The van der Waals surface area contributed by atoms with Gasteiger partial charge in [-0.15, -0.1) is 11.3 Å². The number of aryl methyl sites for hydroxylation is 1. The van der Waals surface area contributed by atoms with Crippen LogP contribution in [0.3, 0.4) is 0 Å². The summed E-state index contributed by atoms with van der Waals surface area (Å²) in [5.74, 6) is -2.22. The number of halogens is 1. The van der Waals surface area contributed by atoms with Gasteiger partial charge in [0.2, 0.25) is 5.91 Å². The van der Waals surface area contributed by atoms with Crippen molar-refractivity contribution in [2.75, 3.05) is 7.05 Å². The Morgan fingerprint density at radius 3 is 2.95 bits per heavy atom. The Kier molecular flexibility index (Phi) is 4.89. The number of ketones is 1. The van der Waals surface area contributed by atoms with Crippen LogP contribution in [-0.4, -0.2) is 23.7 Å². The third kappa shape index (κ3) is 3.57. The number of rotatable bonds is 5. The van der Waals surface area contributed by atoms with E-state index in [2.05, 4.69) is 10.3 Å². The van der Waals surface area contributed by atoms with E-state index in [0.29, 0.717) is 11.4 Å². The molecule has 0 aliphatic carbocycles. The molecule has 1 unspecified atom stereocenters. The summed E-state index contributed by atoms with van der Waals surface area (Å²) in [5, 5.41) is 12.6. The van der Waals surface area contributed by atoms with Crippen LogP contribution in [-0.2, 0) is 16.0 Å². The van der Waals surface area contributed by atoms with Gasteiger partial charge in [0, 0.05) is 24.9 Å².